The van der Waals surface area contributed by atoms with Crippen molar-refractivity contribution in [3.8, 4) is 0 Å². The summed E-state index contributed by atoms with van der Waals surface area (Å²) < 4.78 is 1.30. The molecule has 1 saturated heterocycles. The van der Waals surface area contributed by atoms with Gasteiger partial charge < -0.3 is 15.0 Å². The summed E-state index contributed by atoms with van der Waals surface area (Å²) in [6, 6.07) is 5.36. The lowest BCUT2D eigenvalue weighted by atomic mass is 10.2. The zero-order valence-corrected chi connectivity index (χ0v) is 16.3. The van der Waals surface area contributed by atoms with Crippen LogP contribution in [0.15, 0.2) is 34.0 Å². The number of rotatable bonds is 4. The number of nitrogens with zero attached hydrogens (tertiary/aromatic N) is 3. The molecule has 2 aromatic heterocycles. The molecule has 0 spiro atoms. The quantitative estimate of drug-likeness (QED) is 0.588. The molecule has 0 bridgehead atoms. The summed E-state index contributed by atoms with van der Waals surface area (Å²) in [7, 11) is 0. The number of carbonyl (C=O) groups is 1. The van der Waals surface area contributed by atoms with Crippen LogP contribution in [-0.2, 0) is 11.2 Å². The molecule has 152 valence electrons. The second-order valence-electron chi connectivity index (χ2n) is 7.62. The zero-order valence-electron chi connectivity index (χ0n) is 16.3. The molecule has 3 aromatic rings. The Kier molecular flexibility index (Phi) is 4.83. The molecule has 3 N–H and O–H groups in total. The standard InChI is InChI=1S/C20H23N5O4/c1-11-3-4-13-14(7-11)22-17(21-13)5-6-18(27)24-9-15(16(26)10-24)25-8-12(2)19(28)23-20(25)29/h3-4,7-8,15-16,26H,5-6,9-10H2,1-2H3,(H,21,22)(H,23,28,29)/t15-,16-/m1/s1. The number of aromatic amines is 2. The number of carbonyl (C=O) groups excluding carboxylic acids is 1. The number of hydrogen-bond donors (Lipinski definition) is 3. The zero-order chi connectivity index (χ0) is 20.7. The van der Waals surface area contributed by atoms with Crippen LogP contribution >= 0.6 is 0 Å². The molecule has 9 nitrogen and oxygen atoms in total. The van der Waals surface area contributed by atoms with E-state index in [-0.39, 0.29) is 25.4 Å². The molecule has 1 fully saturated rings. The van der Waals surface area contributed by atoms with E-state index in [2.05, 4.69) is 15.0 Å². The fourth-order valence-electron chi connectivity index (χ4n) is 3.76. The molecule has 2 atom stereocenters. The Labute approximate surface area is 166 Å². The number of hydrogen-bond acceptors (Lipinski definition) is 5. The molecule has 1 aliphatic rings. The Bertz CT molecular complexity index is 1190. The van der Waals surface area contributed by atoms with Gasteiger partial charge in [0.15, 0.2) is 0 Å². The molecule has 1 amide bonds. The highest BCUT2D eigenvalue weighted by Gasteiger charge is 2.35. The number of fused-ring (bicyclic) bond motifs is 1. The van der Waals surface area contributed by atoms with Crippen molar-refractivity contribution >= 4 is 16.9 Å². The van der Waals surface area contributed by atoms with Gasteiger partial charge in [-0.05, 0) is 31.5 Å². The molecule has 0 saturated carbocycles. The van der Waals surface area contributed by atoms with Gasteiger partial charge in [0.05, 0.1) is 23.2 Å². The first-order valence-corrected chi connectivity index (χ1v) is 9.55. The number of β-amino-alcohol motifs (C(OH)–C–C–N with tert-alkyl or cyclic N) is 1. The fraction of sp³-hybridized carbons (Fsp3) is 0.400. The van der Waals surface area contributed by atoms with E-state index >= 15 is 0 Å². The number of H-pyrrole nitrogens is 2. The van der Waals surface area contributed by atoms with Crippen molar-refractivity contribution in [2.24, 2.45) is 0 Å². The molecule has 29 heavy (non-hydrogen) atoms. The van der Waals surface area contributed by atoms with Crippen molar-refractivity contribution in [1.29, 1.82) is 0 Å². The van der Waals surface area contributed by atoms with Crippen LogP contribution < -0.4 is 11.2 Å². The SMILES string of the molecule is Cc1ccc2nc(CCC(=O)N3C[C@@H](O)[C@H](n4cc(C)c(=O)[nH]c4=O)C3)[nH]c2c1. The maximum atomic E-state index is 12.6. The highest BCUT2D eigenvalue weighted by atomic mass is 16.3. The average Bonchev–Trinajstić information content (AvgIpc) is 3.25. The second kappa shape index (κ2) is 7.32. The fourth-order valence-corrected chi connectivity index (χ4v) is 3.76. The van der Waals surface area contributed by atoms with E-state index in [0.29, 0.717) is 12.0 Å². The Morgan fingerprint density at radius 1 is 1.24 bits per heavy atom. The van der Waals surface area contributed by atoms with Crippen LogP contribution in [0.4, 0.5) is 0 Å². The first kappa shape index (κ1) is 19.1. The maximum Gasteiger partial charge on any atom is 0.328 e. The number of aliphatic hydroxyl groups excluding tert-OH is 1. The molecular formula is C20H23N5O4. The average molecular weight is 397 g/mol. The minimum absolute atomic E-state index is 0.114. The molecule has 4 rings (SSSR count). The number of likely N-dealkylation sites (tertiary alicyclic amines) is 1. The number of aromatic nitrogens is 4. The van der Waals surface area contributed by atoms with E-state index in [1.807, 2.05) is 25.1 Å². The number of aryl methyl sites for hydroxylation is 3. The monoisotopic (exact) mass is 397 g/mol. The molecule has 0 unspecified atom stereocenters. The Hall–Kier alpha value is -3.20. The van der Waals surface area contributed by atoms with Crippen molar-refractivity contribution in [3.63, 3.8) is 0 Å². The van der Waals surface area contributed by atoms with Crippen LogP contribution in [0.2, 0.25) is 0 Å². The lowest BCUT2D eigenvalue weighted by molar-refractivity contribution is -0.130. The van der Waals surface area contributed by atoms with Gasteiger partial charge in [-0.25, -0.2) is 9.78 Å². The van der Waals surface area contributed by atoms with Gasteiger partial charge in [-0.15, -0.1) is 0 Å². The summed E-state index contributed by atoms with van der Waals surface area (Å²) >= 11 is 0. The molecule has 3 heterocycles. The molecule has 1 aliphatic heterocycles. The highest BCUT2D eigenvalue weighted by Crippen LogP contribution is 2.22. The van der Waals surface area contributed by atoms with Gasteiger partial charge >= 0.3 is 5.69 Å². The van der Waals surface area contributed by atoms with Gasteiger partial charge in [0.25, 0.3) is 5.56 Å². The smallest absolute Gasteiger partial charge is 0.328 e. The number of aliphatic hydroxyl groups is 1. The predicted octanol–water partition coefficient (Wildman–Crippen LogP) is 0.407. The third-order valence-corrected chi connectivity index (χ3v) is 5.38. The van der Waals surface area contributed by atoms with E-state index in [1.54, 1.807) is 11.8 Å². The minimum atomic E-state index is -0.879. The first-order chi connectivity index (χ1) is 13.8. The van der Waals surface area contributed by atoms with Crippen LogP contribution in [0, 0.1) is 13.8 Å². The number of benzene rings is 1. The summed E-state index contributed by atoms with van der Waals surface area (Å²) in [5.41, 5.74) is 2.28. The van der Waals surface area contributed by atoms with Gasteiger partial charge in [0.2, 0.25) is 5.91 Å². The second-order valence-corrected chi connectivity index (χ2v) is 7.62. The summed E-state index contributed by atoms with van der Waals surface area (Å²) in [5, 5.41) is 10.4. The molecule has 1 aromatic carbocycles. The van der Waals surface area contributed by atoms with Gasteiger partial charge in [0.1, 0.15) is 5.82 Å². The Morgan fingerprint density at radius 3 is 2.83 bits per heavy atom. The lowest BCUT2D eigenvalue weighted by Crippen LogP contribution is -2.37. The first-order valence-electron chi connectivity index (χ1n) is 9.55. The summed E-state index contributed by atoms with van der Waals surface area (Å²) in [5.74, 6) is 0.625. The van der Waals surface area contributed by atoms with E-state index in [0.717, 1.165) is 22.4 Å². The summed E-state index contributed by atoms with van der Waals surface area (Å²) in [6.45, 7) is 3.96. The number of nitrogens with one attached hydrogen (secondary N) is 2. The van der Waals surface area contributed by atoms with Crippen molar-refractivity contribution < 1.29 is 9.90 Å². The molecule has 9 heteroatoms. The summed E-state index contributed by atoms with van der Waals surface area (Å²) in [4.78, 5) is 47.8. The van der Waals surface area contributed by atoms with E-state index < -0.39 is 23.4 Å². The number of imidazole rings is 1. The van der Waals surface area contributed by atoms with Crippen LogP contribution in [0.1, 0.15) is 29.4 Å². The van der Waals surface area contributed by atoms with Crippen LogP contribution in [-0.4, -0.2) is 54.6 Å². The Morgan fingerprint density at radius 2 is 2.03 bits per heavy atom. The van der Waals surface area contributed by atoms with Crippen LogP contribution in [0.5, 0.6) is 0 Å². The van der Waals surface area contributed by atoms with Gasteiger partial charge in [-0.2, -0.15) is 0 Å². The van der Waals surface area contributed by atoms with Crippen molar-refractivity contribution in [3.05, 3.63) is 62.2 Å². The van der Waals surface area contributed by atoms with Crippen molar-refractivity contribution in [1.82, 2.24) is 24.4 Å². The van der Waals surface area contributed by atoms with Gasteiger partial charge in [-0.1, -0.05) is 6.07 Å². The van der Waals surface area contributed by atoms with Crippen LogP contribution in [0.3, 0.4) is 0 Å². The maximum absolute atomic E-state index is 12.6. The third kappa shape index (κ3) is 3.73. The predicted molar refractivity (Wildman–Crippen MR) is 107 cm³/mol. The Balaban J connectivity index is 1.44. The number of amides is 1. The van der Waals surface area contributed by atoms with Crippen molar-refractivity contribution in [2.45, 2.75) is 38.8 Å². The van der Waals surface area contributed by atoms with E-state index in [4.69, 9.17) is 0 Å². The lowest BCUT2D eigenvalue weighted by Gasteiger charge is -2.17. The van der Waals surface area contributed by atoms with Gasteiger partial charge in [0, 0.05) is 37.7 Å². The van der Waals surface area contributed by atoms with Gasteiger partial charge in [-0.3, -0.25) is 19.1 Å². The topological polar surface area (TPSA) is 124 Å². The molecular weight excluding hydrogens is 374 g/mol. The third-order valence-electron chi connectivity index (χ3n) is 5.38. The van der Waals surface area contributed by atoms with E-state index in [9.17, 15) is 19.5 Å². The van der Waals surface area contributed by atoms with E-state index in [1.165, 1.54) is 10.8 Å². The summed E-state index contributed by atoms with van der Waals surface area (Å²) in [6.07, 6.45) is 1.26. The van der Waals surface area contributed by atoms with Crippen LogP contribution in [0.25, 0.3) is 11.0 Å². The van der Waals surface area contributed by atoms with Crippen molar-refractivity contribution in [2.75, 3.05) is 13.1 Å². The molecule has 0 aliphatic carbocycles. The minimum Gasteiger partial charge on any atom is -0.389 e. The molecule has 0 radical (unpaired) electrons. The normalized spacial score (nSPS) is 19.2. The highest BCUT2D eigenvalue weighted by molar-refractivity contribution is 5.78. The largest absolute Gasteiger partial charge is 0.389 e.